The molecule has 1 aromatic rings. The molecule has 1 saturated carbocycles. The van der Waals surface area contributed by atoms with Crippen LogP contribution in [0.2, 0.25) is 0 Å². The lowest BCUT2D eigenvalue weighted by molar-refractivity contribution is 0.353. The Morgan fingerprint density at radius 1 is 1.43 bits per heavy atom. The first-order valence-electron chi connectivity index (χ1n) is 4.53. The van der Waals surface area contributed by atoms with Gasteiger partial charge in [0.1, 0.15) is 0 Å². The van der Waals surface area contributed by atoms with E-state index in [1.54, 1.807) is 6.92 Å². The number of hydrogen-bond donors (Lipinski definition) is 2. The molecule has 2 rings (SSSR count). The monoisotopic (exact) mass is 218 g/mol. The SMILES string of the molecule is C[C@H](N)c1nc(C(N)C2CC2)no1.Cl. The Balaban J connectivity index is 0.000000980. The Morgan fingerprint density at radius 3 is 2.50 bits per heavy atom. The zero-order valence-corrected chi connectivity index (χ0v) is 8.83. The molecule has 1 unspecified atom stereocenters. The average molecular weight is 219 g/mol. The second kappa shape index (κ2) is 4.25. The zero-order valence-electron chi connectivity index (χ0n) is 8.01. The molecule has 0 spiro atoms. The second-order valence-electron chi connectivity index (χ2n) is 3.64. The first-order chi connectivity index (χ1) is 6.18. The minimum absolute atomic E-state index is 0. The van der Waals surface area contributed by atoms with Gasteiger partial charge in [0.25, 0.3) is 0 Å². The molecule has 4 N–H and O–H groups in total. The van der Waals surface area contributed by atoms with Crippen LogP contribution in [0, 0.1) is 5.92 Å². The average Bonchev–Trinajstić information content (AvgIpc) is 2.81. The Hall–Kier alpha value is -0.650. The van der Waals surface area contributed by atoms with Gasteiger partial charge in [-0.15, -0.1) is 12.4 Å². The van der Waals surface area contributed by atoms with Crippen LogP contribution in [0.3, 0.4) is 0 Å². The van der Waals surface area contributed by atoms with E-state index in [1.807, 2.05) is 0 Å². The topological polar surface area (TPSA) is 91.0 Å². The first-order valence-corrected chi connectivity index (χ1v) is 4.53. The molecule has 0 aliphatic heterocycles. The lowest BCUT2D eigenvalue weighted by atomic mass is 10.2. The van der Waals surface area contributed by atoms with Crippen molar-refractivity contribution in [1.29, 1.82) is 0 Å². The van der Waals surface area contributed by atoms with Gasteiger partial charge in [-0.05, 0) is 25.7 Å². The summed E-state index contributed by atoms with van der Waals surface area (Å²) in [5.74, 6) is 1.60. The smallest absolute Gasteiger partial charge is 0.243 e. The largest absolute Gasteiger partial charge is 0.338 e. The number of aromatic nitrogens is 2. The van der Waals surface area contributed by atoms with Gasteiger partial charge in [0.15, 0.2) is 5.82 Å². The van der Waals surface area contributed by atoms with Gasteiger partial charge in [0.2, 0.25) is 5.89 Å². The summed E-state index contributed by atoms with van der Waals surface area (Å²) in [6, 6.07) is -0.288. The Kier molecular flexibility index (Phi) is 3.47. The van der Waals surface area contributed by atoms with Gasteiger partial charge in [0, 0.05) is 0 Å². The lowest BCUT2D eigenvalue weighted by Crippen LogP contribution is -2.14. The third-order valence-electron chi connectivity index (χ3n) is 2.27. The molecular weight excluding hydrogens is 204 g/mol. The minimum atomic E-state index is -0.215. The summed E-state index contributed by atoms with van der Waals surface area (Å²) in [4.78, 5) is 4.14. The van der Waals surface area contributed by atoms with E-state index in [0.29, 0.717) is 17.6 Å². The van der Waals surface area contributed by atoms with Crippen molar-refractivity contribution in [2.45, 2.75) is 31.8 Å². The van der Waals surface area contributed by atoms with E-state index in [-0.39, 0.29) is 24.5 Å². The summed E-state index contributed by atoms with van der Waals surface area (Å²) < 4.78 is 4.96. The molecule has 80 valence electrons. The quantitative estimate of drug-likeness (QED) is 0.787. The molecule has 0 radical (unpaired) electrons. The fourth-order valence-corrected chi connectivity index (χ4v) is 1.23. The minimum Gasteiger partial charge on any atom is -0.338 e. The molecule has 1 aromatic heterocycles. The van der Waals surface area contributed by atoms with Gasteiger partial charge in [-0.25, -0.2) is 0 Å². The Morgan fingerprint density at radius 2 is 2.07 bits per heavy atom. The molecule has 2 atom stereocenters. The summed E-state index contributed by atoms with van der Waals surface area (Å²) in [6.45, 7) is 1.81. The van der Waals surface area contributed by atoms with E-state index in [1.165, 1.54) is 12.8 Å². The summed E-state index contributed by atoms with van der Waals surface area (Å²) in [5.41, 5.74) is 11.5. The third kappa shape index (κ3) is 2.23. The summed E-state index contributed by atoms with van der Waals surface area (Å²) >= 11 is 0. The molecule has 1 fully saturated rings. The number of rotatable bonds is 3. The van der Waals surface area contributed by atoms with Gasteiger partial charge >= 0.3 is 0 Å². The van der Waals surface area contributed by atoms with E-state index in [9.17, 15) is 0 Å². The standard InChI is InChI=1S/C8H14N4O.ClH/c1-4(9)8-11-7(12-13-8)6(10)5-2-3-5;/h4-6H,2-3,9-10H2,1H3;1H/t4-,6?;/m0./s1. The maximum Gasteiger partial charge on any atom is 0.243 e. The van der Waals surface area contributed by atoms with Crippen molar-refractivity contribution in [3.63, 3.8) is 0 Å². The number of hydrogen-bond acceptors (Lipinski definition) is 5. The van der Waals surface area contributed by atoms with Gasteiger partial charge in [-0.2, -0.15) is 4.98 Å². The maximum absolute atomic E-state index is 5.89. The van der Waals surface area contributed by atoms with Crippen molar-refractivity contribution < 1.29 is 4.52 Å². The molecule has 1 heterocycles. The van der Waals surface area contributed by atoms with Crippen molar-refractivity contribution in [3.05, 3.63) is 11.7 Å². The molecule has 5 nitrogen and oxygen atoms in total. The van der Waals surface area contributed by atoms with Gasteiger partial charge in [0.05, 0.1) is 12.1 Å². The van der Waals surface area contributed by atoms with E-state index in [2.05, 4.69) is 10.1 Å². The van der Waals surface area contributed by atoms with Gasteiger partial charge in [-0.3, -0.25) is 0 Å². The number of nitrogens with two attached hydrogens (primary N) is 2. The van der Waals surface area contributed by atoms with Crippen LogP contribution in [0.5, 0.6) is 0 Å². The normalized spacial score (nSPS) is 19.9. The fourth-order valence-electron chi connectivity index (χ4n) is 1.23. The van der Waals surface area contributed by atoms with Crippen molar-refractivity contribution >= 4 is 12.4 Å². The van der Waals surface area contributed by atoms with Crippen LogP contribution in [0.25, 0.3) is 0 Å². The number of halogens is 1. The molecule has 6 heteroatoms. The van der Waals surface area contributed by atoms with Crippen LogP contribution >= 0.6 is 12.4 Å². The summed E-state index contributed by atoms with van der Waals surface area (Å²) in [6.07, 6.45) is 2.34. The maximum atomic E-state index is 5.89. The van der Waals surface area contributed by atoms with Crippen molar-refractivity contribution in [2.24, 2.45) is 17.4 Å². The van der Waals surface area contributed by atoms with Crippen LogP contribution in [-0.4, -0.2) is 10.1 Å². The molecule has 14 heavy (non-hydrogen) atoms. The molecule has 1 aliphatic carbocycles. The molecular formula is C8H15ClN4O. The summed E-state index contributed by atoms with van der Waals surface area (Å²) in [7, 11) is 0. The van der Waals surface area contributed by atoms with Crippen molar-refractivity contribution in [2.75, 3.05) is 0 Å². The van der Waals surface area contributed by atoms with Gasteiger partial charge in [-0.1, -0.05) is 5.16 Å². The molecule has 0 amide bonds. The van der Waals surface area contributed by atoms with Crippen LogP contribution in [-0.2, 0) is 0 Å². The highest BCUT2D eigenvalue weighted by molar-refractivity contribution is 5.85. The molecule has 1 aliphatic rings. The van der Waals surface area contributed by atoms with E-state index < -0.39 is 0 Å². The highest BCUT2D eigenvalue weighted by atomic mass is 35.5. The third-order valence-corrected chi connectivity index (χ3v) is 2.27. The predicted molar refractivity (Wildman–Crippen MR) is 53.8 cm³/mol. The van der Waals surface area contributed by atoms with Crippen LogP contribution in [0.4, 0.5) is 0 Å². The van der Waals surface area contributed by atoms with Crippen LogP contribution in [0.15, 0.2) is 4.52 Å². The first kappa shape index (κ1) is 11.4. The molecule has 0 aromatic carbocycles. The van der Waals surface area contributed by atoms with Crippen molar-refractivity contribution in [3.8, 4) is 0 Å². The lowest BCUT2D eigenvalue weighted by Gasteiger charge is -2.01. The van der Waals surface area contributed by atoms with Crippen molar-refractivity contribution in [1.82, 2.24) is 10.1 Å². The van der Waals surface area contributed by atoms with Gasteiger partial charge < -0.3 is 16.0 Å². The molecule has 0 bridgehead atoms. The highest BCUT2D eigenvalue weighted by Gasteiger charge is 2.32. The molecule has 0 saturated heterocycles. The van der Waals surface area contributed by atoms with Crippen LogP contribution < -0.4 is 11.5 Å². The van der Waals surface area contributed by atoms with E-state index >= 15 is 0 Å². The van der Waals surface area contributed by atoms with Crippen LogP contribution in [0.1, 0.15) is 43.6 Å². The van der Waals surface area contributed by atoms with E-state index in [0.717, 1.165) is 0 Å². The zero-order chi connectivity index (χ0) is 9.42. The summed E-state index contributed by atoms with van der Waals surface area (Å²) in [5, 5.41) is 3.81. The predicted octanol–water partition coefficient (Wildman–Crippen LogP) is 0.921. The second-order valence-corrected chi connectivity index (χ2v) is 3.64. The Labute approximate surface area is 88.6 Å². The highest BCUT2D eigenvalue weighted by Crippen LogP contribution is 2.38. The Bertz CT molecular complexity index is 297. The fraction of sp³-hybridized carbons (Fsp3) is 0.750. The van der Waals surface area contributed by atoms with E-state index in [4.69, 9.17) is 16.0 Å². The number of nitrogens with zero attached hydrogens (tertiary/aromatic N) is 2.